The van der Waals surface area contributed by atoms with E-state index in [-0.39, 0.29) is 0 Å². The highest BCUT2D eigenvalue weighted by atomic mass is 32.1. The Balaban J connectivity index is 2.81. The molecule has 0 unspecified atom stereocenters. The summed E-state index contributed by atoms with van der Waals surface area (Å²) in [6.07, 6.45) is 0. The average molecular weight is 168 g/mol. The van der Waals surface area contributed by atoms with Crippen LogP contribution in [-0.2, 0) is 0 Å². The molecule has 0 atom stereocenters. The first-order valence-electron chi connectivity index (χ1n) is 2.59. The SMILES string of the molecule is N#[N+]c1nc2sccc2s1. The van der Waals surface area contributed by atoms with Crippen LogP contribution in [0, 0.1) is 5.39 Å². The molecule has 2 aromatic rings. The Bertz CT molecular complexity index is 366. The highest BCUT2D eigenvalue weighted by Crippen LogP contribution is 2.30. The highest BCUT2D eigenvalue weighted by molar-refractivity contribution is 7.28. The molecule has 0 fully saturated rings. The number of fused-ring (bicyclic) bond motifs is 1. The maximum atomic E-state index is 8.33. The number of thiazole rings is 1. The van der Waals surface area contributed by atoms with Gasteiger partial charge in [0.2, 0.25) is 4.83 Å². The molecular weight excluding hydrogens is 166 g/mol. The minimum atomic E-state index is 0.432. The van der Waals surface area contributed by atoms with Crippen LogP contribution in [0.2, 0.25) is 0 Å². The summed E-state index contributed by atoms with van der Waals surface area (Å²) >= 11 is 2.94. The van der Waals surface area contributed by atoms with Crippen molar-refractivity contribution in [2.75, 3.05) is 0 Å². The second-order valence-electron chi connectivity index (χ2n) is 1.69. The topological polar surface area (TPSA) is 41.0 Å². The third kappa shape index (κ3) is 0.701. The van der Waals surface area contributed by atoms with Gasteiger partial charge in [-0.3, -0.25) is 0 Å². The highest BCUT2D eigenvalue weighted by Gasteiger charge is 2.14. The summed E-state index contributed by atoms with van der Waals surface area (Å²) in [4.78, 5) is 7.95. The molecule has 0 saturated carbocycles. The van der Waals surface area contributed by atoms with E-state index in [1.165, 1.54) is 11.3 Å². The Morgan fingerprint density at radius 3 is 3.20 bits per heavy atom. The van der Waals surface area contributed by atoms with E-state index in [0.717, 1.165) is 9.53 Å². The molecule has 0 amide bonds. The van der Waals surface area contributed by atoms with Crippen LogP contribution < -0.4 is 0 Å². The Morgan fingerprint density at radius 1 is 1.60 bits per heavy atom. The lowest BCUT2D eigenvalue weighted by Crippen LogP contribution is -1.51. The Labute approximate surface area is 64.6 Å². The van der Waals surface area contributed by atoms with E-state index in [1.807, 2.05) is 11.4 Å². The summed E-state index contributed by atoms with van der Waals surface area (Å²) in [7, 11) is 0. The summed E-state index contributed by atoms with van der Waals surface area (Å²) in [5.74, 6) is 0. The zero-order chi connectivity index (χ0) is 6.97. The molecule has 0 aliphatic carbocycles. The van der Waals surface area contributed by atoms with Gasteiger partial charge < -0.3 is 0 Å². The standard InChI is InChI=1S/C5H2N3S2/c6-8-5-7-4-3(10-5)1-2-9-4/h1-2H/q+1. The van der Waals surface area contributed by atoms with Gasteiger partial charge in [0.15, 0.2) is 0 Å². The van der Waals surface area contributed by atoms with Crippen molar-refractivity contribution in [1.29, 1.82) is 5.39 Å². The van der Waals surface area contributed by atoms with E-state index >= 15 is 0 Å². The van der Waals surface area contributed by atoms with E-state index in [2.05, 4.69) is 9.96 Å². The lowest BCUT2D eigenvalue weighted by atomic mass is 10.6. The summed E-state index contributed by atoms with van der Waals surface area (Å²) < 4.78 is 1.08. The summed E-state index contributed by atoms with van der Waals surface area (Å²) in [5.41, 5.74) is 0. The third-order valence-corrected chi connectivity index (χ3v) is 2.93. The molecule has 3 nitrogen and oxygen atoms in total. The molecule has 0 spiro atoms. The van der Waals surface area contributed by atoms with E-state index in [4.69, 9.17) is 5.39 Å². The van der Waals surface area contributed by atoms with Gasteiger partial charge in [0.05, 0.1) is 10.1 Å². The molecule has 0 saturated heterocycles. The Hall–Kier alpha value is -0.990. The zero-order valence-electron chi connectivity index (χ0n) is 4.81. The minimum absolute atomic E-state index is 0.432. The average Bonchev–Trinajstić information content (AvgIpc) is 2.42. The van der Waals surface area contributed by atoms with Crippen LogP contribution in [0.5, 0.6) is 0 Å². The van der Waals surface area contributed by atoms with Crippen LogP contribution in [-0.4, -0.2) is 4.98 Å². The molecule has 0 aromatic carbocycles. The van der Waals surface area contributed by atoms with Gasteiger partial charge in [-0.25, -0.2) is 0 Å². The molecule has 10 heavy (non-hydrogen) atoms. The first kappa shape index (κ1) is 5.77. The monoisotopic (exact) mass is 168 g/mol. The van der Waals surface area contributed by atoms with Gasteiger partial charge in [-0.05, 0) is 22.8 Å². The molecule has 2 aromatic heterocycles. The normalized spacial score (nSPS) is 9.90. The van der Waals surface area contributed by atoms with Crippen molar-refractivity contribution in [3.8, 4) is 0 Å². The third-order valence-electron chi connectivity index (χ3n) is 1.09. The molecule has 48 valence electrons. The summed E-state index contributed by atoms with van der Waals surface area (Å²) in [5, 5.41) is 10.7. The largest absolute Gasteiger partial charge is 0.525 e. The molecule has 2 heterocycles. The molecule has 0 bridgehead atoms. The summed E-state index contributed by atoms with van der Waals surface area (Å²) in [6, 6.07) is 1.96. The maximum absolute atomic E-state index is 8.33. The van der Waals surface area contributed by atoms with Crippen molar-refractivity contribution in [2.45, 2.75) is 0 Å². The number of nitrogens with zero attached hydrogens (tertiary/aromatic N) is 3. The van der Waals surface area contributed by atoms with Crippen molar-refractivity contribution >= 4 is 37.3 Å². The first-order chi connectivity index (χ1) is 4.90. The first-order valence-corrected chi connectivity index (χ1v) is 4.29. The van der Waals surface area contributed by atoms with Crippen molar-refractivity contribution in [3.05, 3.63) is 16.4 Å². The second kappa shape index (κ2) is 2.01. The molecule has 0 aliphatic heterocycles. The van der Waals surface area contributed by atoms with Crippen molar-refractivity contribution < 1.29 is 0 Å². The van der Waals surface area contributed by atoms with Gasteiger partial charge >= 0.3 is 5.13 Å². The van der Waals surface area contributed by atoms with Crippen LogP contribution in [0.1, 0.15) is 0 Å². The lowest BCUT2D eigenvalue weighted by Gasteiger charge is -1.54. The predicted octanol–water partition coefficient (Wildman–Crippen LogP) is 2.84. The maximum Gasteiger partial charge on any atom is 0.525 e. The van der Waals surface area contributed by atoms with Crippen molar-refractivity contribution in [1.82, 2.24) is 4.98 Å². The Kier molecular flexibility index (Phi) is 1.16. The summed E-state index contributed by atoms with van der Waals surface area (Å²) in [6.45, 7) is 0. The molecule has 0 radical (unpaired) electrons. The van der Waals surface area contributed by atoms with Crippen LogP contribution >= 0.6 is 22.7 Å². The molecule has 2 rings (SSSR count). The van der Waals surface area contributed by atoms with Crippen molar-refractivity contribution in [2.24, 2.45) is 0 Å². The number of hydrogen-bond donors (Lipinski definition) is 0. The van der Waals surface area contributed by atoms with Gasteiger partial charge in [0.1, 0.15) is 0 Å². The molecule has 0 N–H and O–H groups in total. The van der Waals surface area contributed by atoms with E-state index in [9.17, 15) is 0 Å². The number of rotatable bonds is 0. The lowest BCUT2D eigenvalue weighted by molar-refractivity contribution is 1.43. The van der Waals surface area contributed by atoms with Crippen LogP contribution in [0.3, 0.4) is 0 Å². The zero-order valence-corrected chi connectivity index (χ0v) is 6.45. The predicted molar refractivity (Wildman–Crippen MR) is 42.2 cm³/mol. The molecule has 0 aliphatic rings. The minimum Gasteiger partial charge on any atom is -0.0970 e. The number of hydrogen-bond acceptors (Lipinski definition) is 4. The van der Waals surface area contributed by atoms with E-state index in [1.54, 1.807) is 11.3 Å². The molecule has 5 heteroatoms. The molecular formula is C5H2N3S2+. The number of diazo groups is 1. The quantitative estimate of drug-likeness (QED) is 0.567. The van der Waals surface area contributed by atoms with Crippen LogP contribution in [0.15, 0.2) is 11.4 Å². The van der Waals surface area contributed by atoms with Gasteiger partial charge in [0, 0.05) is 9.96 Å². The van der Waals surface area contributed by atoms with E-state index in [0.29, 0.717) is 5.13 Å². The van der Waals surface area contributed by atoms with Gasteiger partial charge in [0.25, 0.3) is 0 Å². The number of aromatic nitrogens is 1. The van der Waals surface area contributed by atoms with E-state index < -0.39 is 0 Å². The van der Waals surface area contributed by atoms with Gasteiger partial charge in [-0.15, -0.1) is 0 Å². The number of thiophene rings is 1. The fourth-order valence-electron chi connectivity index (χ4n) is 0.700. The van der Waals surface area contributed by atoms with Gasteiger partial charge in [-0.2, -0.15) is 0 Å². The van der Waals surface area contributed by atoms with Crippen molar-refractivity contribution in [3.63, 3.8) is 0 Å². The van der Waals surface area contributed by atoms with Crippen LogP contribution in [0.4, 0.5) is 5.13 Å². The van der Waals surface area contributed by atoms with Crippen LogP contribution in [0.25, 0.3) is 14.5 Å². The Morgan fingerprint density at radius 2 is 2.50 bits per heavy atom. The fraction of sp³-hybridized carbons (Fsp3) is 0. The van der Waals surface area contributed by atoms with Gasteiger partial charge in [-0.1, -0.05) is 11.3 Å². The smallest absolute Gasteiger partial charge is 0.0970 e. The second-order valence-corrected chi connectivity index (χ2v) is 3.59. The fourth-order valence-corrected chi connectivity index (χ4v) is 2.41.